The van der Waals surface area contributed by atoms with E-state index in [0.29, 0.717) is 13.1 Å². The highest BCUT2D eigenvalue weighted by Crippen LogP contribution is 2.29. The zero-order chi connectivity index (χ0) is 21.1. The minimum atomic E-state index is -0.362. The number of carbonyl (C=O) groups is 2. The first kappa shape index (κ1) is 28.4. The summed E-state index contributed by atoms with van der Waals surface area (Å²) in [5.74, 6) is -0.160. The third kappa shape index (κ3) is 7.27. The predicted molar refractivity (Wildman–Crippen MR) is 129 cm³/mol. The molecule has 1 aliphatic rings. The average molecular weight is 459 g/mol. The van der Waals surface area contributed by atoms with Gasteiger partial charge in [0.2, 0.25) is 11.8 Å². The Hall–Kier alpha value is -1.60. The molecule has 2 rings (SSSR count). The standard InChI is InChI=1S/C22H34N4O2.2ClH/c1-14-9-8-10-15(2)18(14)25-19(27)16(3)23-11-12-24-20(28)17-13-21(4,5)26-22(17,6)7;;/h8-10,13,16,23,26H,11-12H2,1-7H3,(H,24,28)(H,25,27);2*1H. The number of nitrogens with one attached hydrogen (secondary N) is 4. The van der Waals surface area contributed by atoms with Crippen molar-refractivity contribution >= 4 is 42.3 Å². The molecule has 8 heteroatoms. The molecular formula is C22H36Cl2N4O2. The number of anilines is 1. The summed E-state index contributed by atoms with van der Waals surface area (Å²) in [7, 11) is 0. The van der Waals surface area contributed by atoms with E-state index in [1.54, 1.807) is 0 Å². The van der Waals surface area contributed by atoms with Crippen LogP contribution in [0, 0.1) is 13.8 Å². The fourth-order valence-corrected chi connectivity index (χ4v) is 3.70. The summed E-state index contributed by atoms with van der Waals surface area (Å²) in [4.78, 5) is 24.9. The predicted octanol–water partition coefficient (Wildman–Crippen LogP) is 3.27. The van der Waals surface area contributed by atoms with E-state index >= 15 is 0 Å². The first-order chi connectivity index (χ1) is 12.9. The van der Waals surface area contributed by atoms with Crippen LogP contribution in [0.15, 0.2) is 29.8 Å². The molecule has 2 amide bonds. The molecule has 0 aromatic heterocycles. The fraction of sp³-hybridized carbons (Fsp3) is 0.545. The third-order valence-electron chi connectivity index (χ3n) is 5.04. The zero-order valence-corrected chi connectivity index (χ0v) is 20.6. The lowest BCUT2D eigenvalue weighted by molar-refractivity contribution is -0.118. The van der Waals surface area contributed by atoms with Gasteiger partial charge in [0, 0.05) is 35.4 Å². The summed E-state index contributed by atoms with van der Waals surface area (Å²) >= 11 is 0. The van der Waals surface area contributed by atoms with Gasteiger partial charge < -0.3 is 16.0 Å². The van der Waals surface area contributed by atoms with Crippen molar-refractivity contribution in [1.82, 2.24) is 16.0 Å². The van der Waals surface area contributed by atoms with Crippen molar-refractivity contribution in [3.8, 4) is 0 Å². The molecule has 0 spiro atoms. The Bertz CT molecular complexity index is 771. The summed E-state index contributed by atoms with van der Waals surface area (Å²) in [6.07, 6.45) is 1.98. The molecule has 1 aromatic carbocycles. The molecule has 0 saturated carbocycles. The molecular weight excluding hydrogens is 423 g/mol. The van der Waals surface area contributed by atoms with Crippen LogP contribution in [0.4, 0.5) is 5.69 Å². The summed E-state index contributed by atoms with van der Waals surface area (Å²) in [6, 6.07) is 5.57. The van der Waals surface area contributed by atoms with Crippen LogP contribution in [0.25, 0.3) is 0 Å². The van der Waals surface area contributed by atoms with Crippen molar-refractivity contribution in [3.63, 3.8) is 0 Å². The second-order valence-electron chi connectivity index (χ2n) is 8.72. The molecule has 1 aliphatic heterocycles. The van der Waals surface area contributed by atoms with Gasteiger partial charge in [-0.1, -0.05) is 24.3 Å². The molecule has 0 aliphatic carbocycles. The van der Waals surface area contributed by atoms with Gasteiger partial charge in [-0.25, -0.2) is 0 Å². The Morgan fingerprint density at radius 3 is 2.10 bits per heavy atom. The molecule has 6 nitrogen and oxygen atoms in total. The van der Waals surface area contributed by atoms with Gasteiger partial charge in [-0.15, -0.1) is 24.8 Å². The summed E-state index contributed by atoms with van der Waals surface area (Å²) < 4.78 is 0. The first-order valence-corrected chi connectivity index (χ1v) is 9.84. The van der Waals surface area contributed by atoms with E-state index in [-0.39, 0.29) is 53.7 Å². The number of rotatable bonds is 7. The number of hydrogen-bond acceptors (Lipinski definition) is 4. The Labute approximate surface area is 192 Å². The zero-order valence-electron chi connectivity index (χ0n) is 18.9. The maximum Gasteiger partial charge on any atom is 0.248 e. The topological polar surface area (TPSA) is 82.3 Å². The van der Waals surface area contributed by atoms with E-state index in [2.05, 4.69) is 21.3 Å². The first-order valence-electron chi connectivity index (χ1n) is 9.84. The number of amides is 2. The van der Waals surface area contributed by atoms with E-state index < -0.39 is 0 Å². The number of para-hydroxylation sites is 1. The third-order valence-corrected chi connectivity index (χ3v) is 5.04. The van der Waals surface area contributed by atoms with Crippen molar-refractivity contribution in [3.05, 3.63) is 41.0 Å². The van der Waals surface area contributed by atoms with E-state index in [1.807, 2.05) is 72.7 Å². The summed E-state index contributed by atoms with van der Waals surface area (Å²) in [5.41, 5.74) is 3.13. The number of hydrogen-bond donors (Lipinski definition) is 4. The van der Waals surface area contributed by atoms with Crippen molar-refractivity contribution in [2.45, 2.75) is 65.6 Å². The Morgan fingerprint density at radius 2 is 1.60 bits per heavy atom. The Morgan fingerprint density at radius 1 is 1.03 bits per heavy atom. The molecule has 30 heavy (non-hydrogen) atoms. The van der Waals surface area contributed by atoms with Crippen molar-refractivity contribution < 1.29 is 9.59 Å². The molecule has 170 valence electrons. The molecule has 1 unspecified atom stereocenters. The van der Waals surface area contributed by atoms with E-state index in [4.69, 9.17) is 0 Å². The van der Waals surface area contributed by atoms with Crippen molar-refractivity contribution in [2.24, 2.45) is 0 Å². The minimum Gasteiger partial charge on any atom is -0.351 e. The fourth-order valence-electron chi connectivity index (χ4n) is 3.70. The molecule has 0 fully saturated rings. The smallest absolute Gasteiger partial charge is 0.248 e. The van der Waals surface area contributed by atoms with Crippen molar-refractivity contribution in [2.75, 3.05) is 18.4 Å². The lowest BCUT2D eigenvalue weighted by Gasteiger charge is -2.27. The molecule has 1 atom stereocenters. The Balaban J connectivity index is 0.00000420. The Kier molecular flexibility index (Phi) is 10.5. The van der Waals surface area contributed by atoms with Gasteiger partial charge in [0.1, 0.15) is 0 Å². The second-order valence-corrected chi connectivity index (χ2v) is 8.72. The monoisotopic (exact) mass is 458 g/mol. The normalized spacial score (nSPS) is 17.1. The van der Waals surface area contributed by atoms with Crippen LogP contribution in [-0.4, -0.2) is 42.0 Å². The van der Waals surface area contributed by atoms with Crippen LogP contribution in [-0.2, 0) is 9.59 Å². The van der Waals surface area contributed by atoms with Crippen LogP contribution in [0.1, 0.15) is 45.7 Å². The molecule has 1 heterocycles. The van der Waals surface area contributed by atoms with Gasteiger partial charge in [0.15, 0.2) is 0 Å². The summed E-state index contributed by atoms with van der Waals surface area (Å²) in [5, 5.41) is 12.5. The quantitative estimate of drug-likeness (QED) is 0.472. The van der Waals surface area contributed by atoms with E-state index in [9.17, 15) is 9.59 Å². The molecule has 1 aromatic rings. The van der Waals surface area contributed by atoms with Gasteiger partial charge in [0.25, 0.3) is 0 Å². The van der Waals surface area contributed by atoms with Gasteiger partial charge in [-0.3, -0.25) is 14.9 Å². The van der Waals surface area contributed by atoms with Crippen LogP contribution in [0.3, 0.4) is 0 Å². The van der Waals surface area contributed by atoms with Crippen LogP contribution < -0.4 is 21.3 Å². The lowest BCUT2D eigenvalue weighted by Crippen LogP contribution is -2.48. The summed E-state index contributed by atoms with van der Waals surface area (Å²) in [6.45, 7) is 14.8. The maximum absolute atomic E-state index is 12.5. The molecule has 4 N–H and O–H groups in total. The minimum absolute atomic E-state index is 0. The lowest BCUT2D eigenvalue weighted by atomic mass is 9.96. The highest BCUT2D eigenvalue weighted by atomic mass is 35.5. The molecule has 0 bridgehead atoms. The number of halogens is 2. The van der Waals surface area contributed by atoms with Gasteiger partial charge in [-0.05, 0) is 59.6 Å². The number of carbonyl (C=O) groups excluding carboxylic acids is 2. The second kappa shape index (κ2) is 11.1. The van der Waals surface area contributed by atoms with Gasteiger partial charge in [-0.2, -0.15) is 0 Å². The average Bonchev–Trinajstić information content (AvgIpc) is 2.81. The largest absolute Gasteiger partial charge is 0.351 e. The SMILES string of the molecule is Cc1cccc(C)c1NC(=O)C(C)NCCNC(=O)C1=CC(C)(C)NC1(C)C.Cl.Cl. The van der Waals surface area contributed by atoms with Crippen LogP contribution in [0.5, 0.6) is 0 Å². The van der Waals surface area contributed by atoms with Gasteiger partial charge >= 0.3 is 0 Å². The van der Waals surface area contributed by atoms with E-state index in [0.717, 1.165) is 22.4 Å². The molecule has 0 radical (unpaired) electrons. The van der Waals surface area contributed by atoms with Gasteiger partial charge in [0.05, 0.1) is 6.04 Å². The number of aryl methyl sites for hydroxylation is 2. The van der Waals surface area contributed by atoms with Crippen LogP contribution in [0.2, 0.25) is 0 Å². The highest BCUT2D eigenvalue weighted by Gasteiger charge is 2.39. The highest BCUT2D eigenvalue weighted by molar-refractivity contribution is 5.97. The van der Waals surface area contributed by atoms with Crippen molar-refractivity contribution in [1.29, 1.82) is 0 Å². The number of benzene rings is 1. The maximum atomic E-state index is 12.5. The van der Waals surface area contributed by atoms with Crippen LogP contribution >= 0.6 is 24.8 Å². The van der Waals surface area contributed by atoms with E-state index in [1.165, 1.54) is 0 Å². The molecule has 0 saturated heterocycles.